The molecule has 1 aromatic carbocycles. The zero-order chi connectivity index (χ0) is 17.3. The zero-order valence-corrected chi connectivity index (χ0v) is 15.0. The number of carbonyl (C=O) groups is 1. The summed E-state index contributed by atoms with van der Waals surface area (Å²) in [5.41, 5.74) is 0.399. The standard InChI is InChI=1S/C15H19F2N3O3S.ClH/c16-14(17)7-19-24(22,23)13-3-1-10(2-4-13)15(21)20-8-11-5-18-6-12(11)9-20;/h1-4,11-12,14,18-19H,5-9H2;1H/t11-,12+;. The lowest BCUT2D eigenvalue weighted by Crippen LogP contribution is -2.32. The van der Waals surface area contributed by atoms with Crippen LogP contribution >= 0.6 is 12.4 Å². The van der Waals surface area contributed by atoms with E-state index in [4.69, 9.17) is 0 Å². The molecule has 1 aromatic rings. The summed E-state index contributed by atoms with van der Waals surface area (Å²) in [7, 11) is -3.99. The second kappa shape index (κ2) is 7.94. The molecule has 2 atom stereocenters. The number of carbonyl (C=O) groups excluding carboxylic acids is 1. The minimum atomic E-state index is -3.99. The molecule has 140 valence electrons. The fourth-order valence-corrected chi connectivity index (χ4v) is 4.24. The van der Waals surface area contributed by atoms with E-state index >= 15 is 0 Å². The van der Waals surface area contributed by atoms with Gasteiger partial charge in [0.05, 0.1) is 11.4 Å². The number of amides is 1. The summed E-state index contributed by atoms with van der Waals surface area (Å²) < 4.78 is 49.8. The van der Waals surface area contributed by atoms with Gasteiger partial charge in [0.25, 0.3) is 12.3 Å². The number of nitrogens with one attached hydrogen (secondary N) is 2. The van der Waals surface area contributed by atoms with E-state index in [2.05, 4.69) is 5.32 Å². The number of fused-ring (bicyclic) bond motifs is 1. The van der Waals surface area contributed by atoms with Crippen LogP contribution in [0.5, 0.6) is 0 Å². The third-order valence-electron chi connectivity index (χ3n) is 4.52. The van der Waals surface area contributed by atoms with Gasteiger partial charge in [-0.1, -0.05) is 0 Å². The summed E-state index contributed by atoms with van der Waals surface area (Å²) in [6, 6.07) is 5.37. The quantitative estimate of drug-likeness (QED) is 0.778. The molecule has 2 fully saturated rings. The highest BCUT2D eigenvalue weighted by molar-refractivity contribution is 7.89. The van der Waals surface area contributed by atoms with Crippen molar-refractivity contribution in [3.63, 3.8) is 0 Å². The Morgan fingerprint density at radius 1 is 1.20 bits per heavy atom. The zero-order valence-electron chi connectivity index (χ0n) is 13.3. The van der Waals surface area contributed by atoms with Crippen LogP contribution < -0.4 is 10.0 Å². The van der Waals surface area contributed by atoms with Crippen molar-refractivity contribution in [1.29, 1.82) is 0 Å². The van der Waals surface area contributed by atoms with Crippen molar-refractivity contribution in [3.8, 4) is 0 Å². The summed E-state index contributed by atoms with van der Waals surface area (Å²) in [4.78, 5) is 14.1. The molecule has 25 heavy (non-hydrogen) atoms. The Hall–Kier alpha value is -1.29. The first-order valence-corrected chi connectivity index (χ1v) is 9.23. The third kappa shape index (κ3) is 4.46. The highest BCUT2D eigenvalue weighted by atomic mass is 35.5. The number of alkyl halides is 2. The molecule has 2 N–H and O–H groups in total. The molecule has 3 rings (SSSR count). The van der Waals surface area contributed by atoms with Crippen LogP contribution in [0.1, 0.15) is 10.4 Å². The Labute approximate surface area is 151 Å². The van der Waals surface area contributed by atoms with Gasteiger partial charge >= 0.3 is 0 Å². The summed E-state index contributed by atoms with van der Waals surface area (Å²) in [6.45, 7) is 2.30. The fraction of sp³-hybridized carbons (Fsp3) is 0.533. The lowest BCUT2D eigenvalue weighted by Gasteiger charge is -2.17. The summed E-state index contributed by atoms with van der Waals surface area (Å²) in [5.74, 6) is 0.827. The number of rotatable bonds is 5. The van der Waals surface area contributed by atoms with Crippen LogP contribution in [0.25, 0.3) is 0 Å². The molecular formula is C15H20ClF2N3O3S. The molecule has 6 nitrogen and oxygen atoms in total. The van der Waals surface area contributed by atoms with Crippen molar-refractivity contribution < 1.29 is 22.0 Å². The third-order valence-corrected chi connectivity index (χ3v) is 5.96. The second-order valence-corrected chi connectivity index (χ2v) is 7.92. The Balaban J connectivity index is 0.00000225. The maximum atomic E-state index is 12.5. The van der Waals surface area contributed by atoms with Gasteiger partial charge in [0.15, 0.2) is 0 Å². The van der Waals surface area contributed by atoms with Gasteiger partial charge in [-0.15, -0.1) is 12.4 Å². The predicted molar refractivity (Wildman–Crippen MR) is 90.6 cm³/mol. The predicted octanol–water partition coefficient (Wildman–Crippen LogP) is 0.943. The highest BCUT2D eigenvalue weighted by Crippen LogP contribution is 2.27. The van der Waals surface area contributed by atoms with Crippen LogP contribution in [0.15, 0.2) is 29.2 Å². The van der Waals surface area contributed by atoms with E-state index < -0.39 is 23.0 Å². The first kappa shape index (κ1) is 20.0. The molecule has 0 unspecified atom stereocenters. The van der Waals surface area contributed by atoms with E-state index in [1.807, 2.05) is 4.72 Å². The van der Waals surface area contributed by atoms with Gasteiger partial charge in [0.2, 0.25) is 10.0 Å². The number of likely N-dealkylation sites (tertiary alicyclic amines) is 1. The smallest absolute Gasteiger partial charge is 0.253 e. The van der Waals surface area contributed by atoms with E-state index in [1.54, 1.807) is 4.90 Å². The van der Waals surface area contributed by atoms with Crippen LogP contribution in [0, 0.1) is 11.8 Å². The van der Waals surface area contributed by atoms with Gasteiger partial charge in [-0.05, 0) is 36.1 Å². The van der Waals surface area contributed by atoms with E-state index in [-0.39, 0.29) is 23.2 Å². The van der Waals surface area contributed by atoms with Gasteiger partial charge in [0.1, 0.15) is 0 Å². The first-order valence-electron chi connectivity index (χ1n) is 7.74. The molecule has 2 aliphatic rings. The average molecular weight is 396 g/mol. The number of nitrogens with zero attached hydrogens (tertiary/aromatic N) is 1. The number of sulfonamides is 1. The van der Waals surface area contributed by atoms with Crippen LogP contribution in [0.3, 0.4) is 0 Å². The number of benzene rings is 1. The molecule has 0 spiro atoms. The van der Waals surface area contributed by atoms with Crippen molar-refractivity contribution >= 4 is 28.3 Å². The molecule has 0 aromatic heterocycles. The maximum absolute atomic E-state index is 12.5. The molecule has 2 heterocycles. The van der Waals surface area contributed by atoms with Gasteiger partial charge in [-0.25, -0.2) is 21.9 Å². The molecule has 1 amide bonds. The van der Waals surface area contributed by atoms with E-state index in [0.29, 0.717) is 30.5 Å². The summed E-state index contributed by atoms with van der Waals surface area (Å²) >= 11 is 0. The molecule has 0 aliphatic carbocycles. The van der Waals surface area contributed by atoms with Gasteiger partial charge in [0, 0.05) is 31.7 Å². The van der Waals surface area contributed by atoms with Crippen LogP contribution in [-0.4, -0.2) is 58.4 Å². The average Bonchev–Trinajstić information content (AvgIpc) is 3.14. The topological polar surface area (TPSA) is 78.5 Å². The largest absolute Gasteiger partial charge is 0.338 e. The van der Waals surface area contributed by atoms with Crippen LogP contribution in [0.2, 0.25) is 0 Å². The molecule has 2 aliphatic heterocycles. The molecular weight excluding hydrogens is 376 g/mol. The second-order valence-electron chi connectivity index (χ2n) is 6.16. The molecule has 0 radical (unpaired) electrons. The Morgan fingerprint density at radius 2 is 1.76 bits per heavy atom. The molecule has 0 bridgehead atoms. The summed E-state index contributed by atoms with van der Waals surface area (Å²) in [5, 5.41) is 3.30. The van der Waals surface area contributed by atoms with Crippen molar-refractivity contribution in [3.05, 3.63) is 29.8 Å². The number of hydrogen-bond acceptors (Lipinski definition) is 4. The Bertz CT molecular complexity index is 703. The number of halogens is 3. The first-order chi connectivity index (χ1) is 11.4. The van der Waals surface area contributed by atoms with Crippen molar-refractivity contribution in [2.75, 3.05) is 32.7 Å². The monoisotopic (exact) mass is 395 g/mol. The Kier molecular flexibility index (Phi) is 6.36. The summed E-state index contributed by atoms with van der Waals surface area (Å²) in [6.07, 6.45) is -2.76. The van der Waals surface area contributed by atoms with Gasteiger partial charge < -0.3 is 10.2 Å². The number of hydrogen-bond donors (Lipinski definition) is 2. The lowest BCUT2D eigenvalue weighted by atomic mass is 10.0. The van der Waals surface area contributed by atoms with E-state index in [1.165, 1.54) is 24.3 Å². The van der Waals surface area contributed by atoms with E-state index in [0.717, 1.165) is 13.1 Å². The van der Waals surface area contributed by atoms with Crippen molar-refractivity contribution in [2.45, 2.75) is 11.3 Å². The molecule has 10 heteroatoms. The fourth-order valence-electron chi connectivity index (χ4n) is 3.24. The van der Waals surface area contributed by atoms with Crippen LogP contribution in [0.4, 0.5) is 8.78 Å². The van der Waals surface area contributed by atoms with E-state index in [9.17, 15) is 22.0 Å². The van der Waals surface area contributed by atoms with Crippen LogP contribution in [-0.2, 0) is 10.0 Å². The lowest BCUT2D eigenvalue weighted by molar-refractivity contribution is 0.0781. The highest BCUT2D eigenvalue weighted by Gasteiger charge is 2.38. The van der Waals surface area contributed by atoms with Gasteiger partial charge in [-0.3, -0.25) is 4.79 Å². The normalized spacial score (nSPS) is 22.8. The van der Waals surface area contributed by atoms with Crippen molar-refractivity contribution in [2.24, 2.45) is 11.8 Å². The molecule has 2 saturated heterocycles. The minimum absolute atomic E-state index is 0. The Morgan fingerprint density at radius 3 is 2.28 bits per heavy atom. The minimum Gasteiger partial charge on any atom is -0.338 e. The maximum Gasteiger partial charge on any atom is 0.253 e. The van der Waals surface area contributed by atoms with Crippen molar-refractivity contribution in [1.82, 2.24) is 14.9 Å². The van der Waals surface area contributed by atoms with Gasteiger partial charge in [-0.2, -0.15) is 0 Å². The molecule has 0 saturated carbocycles. The SMILES string of the molecule is Cl.O=C(c1ccc(S(=O)(=O)NCC(F)F)cc1)N1C[C@H]2CNC[C@H]2C1.